The van der Waals surface area contributed by atoms with E-state index in [2.05, 4.69) is 12.2 Å². The van der Waals surface area contributed by atoms with Crippen LogP contribution in [0.4, 0.5) is 0 Å². The summed E-state index contributed by atoms with van der Waals surface area (Å²) in [6, 6.07) is 5.26. The predicted molar refractivity (Wildman–Crippen MR) is 77.3 cm³/mol. The molecule has 1 aliphatic heterocycles. The fourth-order valence-corrected chi connectivity index (χ4v) is 2.15. The molecule has 1 aromatic rings. The molecule has 1 atom stereocenters. The average Bonchev–Trinajstić information content (AvgIpc) is 2.50. The molecule has 0 saturated heterocycles. The highest BCUT2D eigenvalue weighted by molar-refractivity contribution is 5.95. The number of carbonyl (C=O) groups is 1. The van der Waals surface area contributed by atoms with Crippen molar-refractivity contribution < 1.29 is 14.3 Å². The Morgan fingerprint density at radius 2 is 2.10 bits per heavy atom. The Hall–Kier alpha value is -1.75. The number of fused-ring (bicyclic) bond motifs is 1. The highest BCUT2D eigenvalue weighted by Crippen LogP contribution is 2.30. The van der Waals surface area contributed by atoms with Crippen LogP contribution in [0.25, 0.3) is 0 Å². The summed E-state index contributed by atoms with van der Waals surface area (Å²) >= 11 is 0. The minimum absolute atomic E-state index is 0.0238. The van der Waals surface area contributed by atoms with E-state index in [1.807, 2.05) is 0 Å². The number of ether oxygens (including phenoxy) is 2. The molecule has 0 fully saturated rings. The molecule has 3 N–H and O–H groups in total. The van der Waals surface area contributed by atoms with E-state index >= 15 is 0 Å². The quantitative estimate of drug-likeness (QED) is 0.830. The Morgan fingerprint density at radius 3 is 2.80 bits per heavy atom. The maximum absolute atomic E-state index is 12.2. The van der Waals surface area contributed by atoms with Crippen LogP contribution in [0.2, 0.25) is 0 Å². The third-order valence-corrected chi connectivity index (χ3v) is 3.33. The molecule has 1 heterocycles. The molecule has 1 aromatic carbocycles. The Kier molecular flexibility index (Phi) is 5.24. The van der Waals surface area contributed by atoms with Crippen molar-refractivity contribution in [2.24, 2.45) is 5.73 Å². The van der Waals surface area contributed by atoms with Crippen LogP contribution in [-0.2, 0) is 0 Å². The minimum atomic E-state index is -0.117. The van der Waals surface area contributed by atoms with E-state index in [-0.39, 0.29) is 11.9 Å². The van der Waals surface area contributed by atoms with E-state index in [9.17, 15) is 4.79 Å². The smallest absolute Gasteiger partial charge is 0.251 e. The monoisotopic (exact) mass is 278 g/mol. The van der Waals surface area contributed by atoms with Crippen LogP contribution in [0.5, 0.6) is 11.5 Å². The number of unbranched alkanes of at least 4 members (excludes halogenated alkanes) is 1. The van der Waals surface area contributed by atoms with Gasteiger partial charge in [-0.3, -0.25) is 4.79 Å². The molecule has 2 rings (SSSR count). The van der Waals surface area contributed by atoms with Gasteiger partial charge in [-0.25, -0.2) is 0 Å². The SMILES string of the molecule is CCCCC(CN)NC(=O)c1ccc2c(c1)OCCO2. The first-order valence-electron chi connectivity index (χ1n) is 7.15. The van der Waals surface area contributed by atoms with Crippen LogP contribution >= 0.6 is 0 Å². The molecule has 0 aromatic heterocycles. The number of nitrogens with one attached hydrogen (secondary N) is 1. The minimum Gasteiger partial charge on any atom is -0.486 e. The summed E-state index contributed by atoms with van der Waals surface area (Å²) in [4.78, 5) is 12.2. The molecular formula is C15H22N2O3. The second-order valence-electron chi connectivity index (χ2n) is 4.91. The zero-order valence-electron chi connectivity index (χ0n) is 11.9. The molecule has 1 unspecified atom stereocenters. The second kappa shape index (κ2) is 7.14. The summed E-state index contributed by atoms with van der Waals surface area (Å²) in [5.41, 5.74) is 6.26. The van der Waals surface area contributed by atoms with E-state index < -0.39 is 0 Å². The predicted octanol–water partition coefficient (Wildman–Crippen LogP) is 1.71. The normalized spacial score (nSPS) is 14.7. The number of hydrogen-bond acceptors (Lipinski definition) is 4. The first-order valence-corrected chi connectivity index (χ1v) is 7.15. The molecule has 0 bridgehead atoms. The first-order chi connectivity index (χ1) is 9.74. The fraction of sp³-hybridized carbons (Fsp3) is 0.533. The van der Waals surface area contributed by atoms with Crippen LogP contribution in [0, 0.1) is 0 Å². The van der Waals surface area contributed by atoms with E-state index in [0.717, 1.165) is 19.3 Å². The van der Waals surface area contributed by atoms with E-state index in [0.29, 0.717) is 36.8 Å². The summed E-state index contributed by atoms with van der Waals surface area (Å²) in [6.45, 7) is 3.64. The van der Waals surface area contributed by atoms with Gasteiger partial charge in [0.2, 0.25) is 0 Å². The lowest BCUT2D eigenvalue weighted by Gasteiger charge is -2.20. The number of rotatable bonds is 6. The van der Waals surface area contributed by atoms with Gasteiger partial charge < -0.3 is 20.5 Å². The summed E-state index contributed by atoms with van der Waals surface area (Å²) in [6.07, 6.45) is 3.06. The van der Waals surface area contributed by atoms with Gasteiger partial charge in [-0.1, -0.05) is 19.8 Å². The van der Waals surface area contributed by atoms with Crippen molar-refractivity contribution in [1.82, 2.24) is 5.32 Å². The first kappa shape index (κ1) is 14.7. The van der Waals surface area contributed by atoms with E-state index in [1.54, 1.807) is 18.2 Å². The fourth-order valence-electron chi connectivity index (χ4n) is 2.15. The Morgan fingerprint density at radius 1 is 1.35 bits per heavy atom. The largest absolute Gasteiger partial charge is 0.486 e. The molecule has 0 radical (unpaired) electrons. The van der Waals surface area contributed by atoms with Gasteiger partial charge in [-0.15, -0.1) is 0 Å². The van der Waals surface area contributed by atoms with Crippen molar-refractivity contribution in [2.75, 3.05) is 19.8 Å². The molecule has 5 heteroatoms. The summed E-state index contributed by atoms with van der Waals surface area (Å²) in [5.74, 6) is 1.20. The highest BCUT2D eigenvalue weighted by Gasteiger charge is 2.16. The van der Waals surface area contributed by atoms with Gasteiger partial charge in [-0.2, -0.15) is 0 Å². The van der Waals surface area contributed by atoms with Crippen molar-refractivity contribution in [3.05, 3.63) is 23.8 Å². The molecule has 0 saturated carbocycles. The zero-order chi connectivity index (χ0) is 14.4. The van der Waals surface area contributed by atoms with Crippen molar-refractivity contribution in [2.45, 2.75) is 32.2 Å². The van der Waals surface area contributed by atoms with Gasteiger partial charge in [0.05, 0.1) is 0 Å². The van der Waals surface area contributed by atoms with Crippen molar-refractivity contribution in [3.63, 3.8) is 0 Å². The van der Waals surface area contributed by atoms with Crippen molar-refractivity contribution in [3.8, 4) is 11.5 Å². The van der Waals surface area contributed by atoms with Gasteiger partial charge in [0.15, 0.2) is 11.5 Å². The lowest BCUT2D eigenvalue weighted by atomic mass is 10.1. The summed E-state index contributed by atoms with van der Waals surface area (Å²) in [5, 5.41) is 2.96. The molecule has 20 heavy (non-hydrogen) atoms. The lowest BCUT2D eigenvalue weighted by Crippen LogP contribution is -2.40. The van der Waals surface area contributed by atoms with E-state index in [4.69, 9.17) is 15.2 Å². The van der Waals surface area contributed by atoms with Crippen LogP contribution in [0.15, 0.2) is 18.2 Å². The lowest BCUT2D eigenvalue weighted by molar-refractivity contribution is 0.0934. The molecular weight excluding hydrogens is 256 g/mol. The molecule has 1 aliphatic rings. The average molecular weight is 278 g/mol. The summed E-state index contributed by atoms with van der Waals surface area (Å²) < 4.78 is 10.9. The standard InChI is InChI=1S/C15H22N2O3/c1-2-3-4-12(10-16)17-15(18)11-5-6-13-14(9-11)20-8-7-19-13/h5-6,9,12H,2-4,7-8,10,16H2,1H3,(H,17,18). The van der Waals surface area contributed by atoms with Gasteiger partial charge >= 0.3 is 0 Å². The van der Waals surface area contributed by atoms with Crippen LogP contribution in [0.1, 0.15) is 36.5 Å². The zero-order valence-corrected chi connectivity index (χ0v) is 11.9. The number of carbonyl (C=O) groups excluding carboxylic acids is 1. The van der Waals surface area contributed by atoms with Gasteiger partial charge in [0.1, 0.15) is 13.2 Å². The number of amides is 1. The second-order valence-corrected chi connectivity index (χ2v) is 4.91. The van der Waals surface area contributed by atoms with Gasteiger partial charge in [0.25, 0.3) is 5.91 Å². The number of benzene rings is 1. The Bertz CT molecular complexity index is 462. The maximum atomic E-state index is 12.2. The molecule has 110 valence electrons. The van der Waals surface area contributed by atoms with Crippen LogP contribution in [-0.4, -0.2) is 31.7 Å². The van der Waals surface area contributed by atoms with Crippen molar-refractivity contribution >= 4 is 5.91 Å². The Labute approximate surface area is 119 Å². The van der Waals surface area contributed by atoms with Crippen LogP contribution < -0.4 is 20.5 Å². The molecule has 0 spiro atoms. The van der Waals surface area contributed by atoms with Crippen molar-refractivity contribution in [1.29, 1.82) is 0 Å². The Balaban J connectivity index is 2.01. The maximum Gasteiger partial charge on any atom is 0.251 e. The molecule has 1 amide bonds. The van der Waals surface area contributed by atoms with E-state index in [1.165, 1.54) is 0 Å². The molecule has 0 aliphatic carbocycles. The third kappa shape index (κ3) is 3.63. The number of hydrogen-bond donors (Lipinski definition) is 2. The van der Waals surface area contributed by atoms with Gasteiger partial charge in [-0.05, 0) is 24.6 Å². The topological polar surface area (TPSA) is 73.6 Å². The summed E-state index contributed by atoms with van der Waals surface area (Å²) in [7, 11) is 0. The third-order valence-electron chi connectivity index (χ3n) is 3.33. The molecule has 5 nitrogen and oxygen atoms in total. The van der Waals surface area contributed by atoms with Gasteiger partial charge in [0, 0.05) is 18.2 Å². The number of nitrogens with two attached hydrogens (primary N) is 1. The highest BCUT2D eigenvalue weighted by atomic mass is 16.6. The van der Waals surface area contributed by atoms with Crippen LogP contribution in [0.3, 0.4) is 0 Å².